The number of hydrogen-bond acceptors (Lipinski definition) is 7. The molecule has 11 heteroatoms. The van der Waals surface area contributed by atoms with E-state index in [9.17, 15) is 9.59 Å². The molecule has 228 valence electrons. The van der Waals surface area contributed by atoms with Crippen LogP contribution in [0.25, 0.3) is 6.08 Å². The molecule has 3 aromatic carbocycles. The number of ether oxygens (including phenoxy) is 3. The maximum Gasteiger partial charge on any atom is 0.338 e. The molecule has 0 bridgehead atoms. The second kappa shape index (κ2) is 14.2. The summed E-state index contributed by atoms with van der Waals surface area (Å²) < 4.78 is 21.8. The second-order valence-corrected chi connectivity index (χ2v) is 14.1. The predicted octanol–water partition coefficient (Wildman–Crippen LogP) is 7.03. The van der Waals surface area contributed by atoms with Crippen molar-refractivity contribution in [2.75, 3.05) is 6.61 Å². The summed E-state index contributed by atoms with van der Waals surface area (Å²) >= 11 is 12.0. The lowest BCUT2D eigenvalue weighted by Gasteiger charge is -2.26. The minimum atomic E-state index is -0.781. The van der Waals surface area contributed by atoms with Crippen molar-refractivity contribution in [3.05, 3.63) is 120 Å². The largest absolute Gasteiger partial charge is 0.491 e. The average Bonchev–Trinajstić information content (AvgIpc) is 3.26. The van der Waals surface area contributed by atoms with E-state index in [1.807, 2.05) is 80.6 Å². The van der Waals surface area contributed by atoms with Crippen molar-refractivity contribution in [2.24, 2.45) is 4.99 Å². The third-order valence-electron chi connectivity index (χ3n) is 6.69. The number of benzene rings is 3. The molecule has 0 radical (unpaired) electrons. The van der Waals surface area contributed by atoms with Gasteiger partial charge in [0.25, 0.3) is 5.56 Å². The molecule has 0 N–H and O–H groups in total. The number of allylic oxidation sites excluding steroid dienone is 1. The fourth-order valence-corrected chi connectivity index (χ4v) is 8.21. The summed E-state index contributed by atoms with van der Waals surface area (Å²) in [6, 6.07) is 18.2. The Hall–Kier alpha value is -2.68. The maximum atomic E-state index is 14.3. The molecule has 0 amide bonds. The Morgan fingerprint density at radius 2 is 1.91 bits per heavy atom. The average molecular weight is 855 g/mol. The van der Waals surface area contributed by atoms with Crippen LogP contribution >= 0.6 is 68.1 Å². The number of nitrogens with zero attached hydrogens (tertiary/aromatic N) is 2. The van der Waals surface area contributed by atoms with E-state index in [-0.39, 0.29) is 18.3 Å². The van der Waals surface area contributed by atoms with E-state index < -0.39 is 12.0 Å². The van der Waals surface area contributed by atoms with E-state index in [0.29, 0.717) is 49.3 Å². The van der Waals surface area contributed by atoms with Gasteiger partial charge in [0.15, 0.2) is 4.80 Å². The highest BCUT2D eigenvalue weighted by Crippen LogP contribution is 2.36. The summed E-state index contributed by atoms with van der Waals surface area (Å²) in [6.07, 6.45) is 1.72. The first-order chi connectivity index (χ1) is 21.1. The van der Waals surface area contributed by atoms with Gasteiger partial charge in [0, 0.05) is 19.7 Å². The fraction of sp³-hybridized carbons (Fsp3) is 0.242. The molecule has 0 aliphatic carbocycles. The first-order valence-corrected chi connectivity index (χ1v) is 17.2. The van der Waals surface area contributed by atoms with E-state index in [1.165, 1.54) is 11.3 Å². The Bertz CT molecular complexity index is 1950. The fourth-order valence-electron chi connectivity index (χ4n) is 4.92. The van der Waals surface area contributed by atoms with Crippen LogP contribution in [0.2, 0.25) is 5.02 Å². The molecule has 4 aromatic rings. The van der Waals surface area contributed by atoms with Gasteiger partial charge >= 0.3 is 5.97 Å². The minimum absolute atomic E-state index is 0.114. The third-order valence-corrected chi connectivity index (χ3v) is 9.33. The predicted molar refractivity (Wildman–Crippen MR) is 190 cm³/mol. The number of carbonyl (C=O) groups is 1. The van der Waals surface area contributed by atoms with Crippen LogP contribution in [0.3, 0.4) is 0 Å². The molecular weight excluding hydrogens is 826 g/mol. The molecule has 0 unspecified atom stereocenters. The van der Waals surface area contributed by atoms with Gasteiger partial charge in [-0.2, -0.15) is 0 Å². The van der Waals surface area contributed by atoms with Crippen LogP contribution in [-0.2, 0) is 16.1 Å². The number of aromatic nitrogens is 1. The standard InChI is InChI=1S/C33H29ClI2N2O5S/c1-5-41-32(40)28-19(4)37-33-38(29(28)24-11-6-7-12-26(24)43-18(2)3)31(39)27(44-33)15-21-14-23(35)16-25(36)30(21)42-17-20-9-8-10-22(34)13-20/h6-16,18,29H,5,17H2,1-4H3/b27-15-/t29-/m1/s1. The number of fused-ring (bicyclic) bond motifs is 1. The highest BCUT2D eigenvalue weighted by atomic mass is 127. The van der Waals surface area contributed by atoms with Gasteiger partial charge in [-0.15, -0.1) is 0 Å². The van der Waals surface area contributed by atoms with Gasteiger partial charge in [0.2, 0.25) is 0 Å². The van der Waals surface area contributed by atoms with Crippen molar-refractivity contribution in [2.45, 2.75) is 46.4 Å². The molecule has 44 heavy (non-hydrogen) atoms. The molecule has 1 aliphatic heterocycles. The van der Waals surface area contributed by atoms with Gasteiger partial charge in [-0.3, -0.25) is 9.36 Å². The summed E-state index contributed by atoms with van der Waals surface area (Å²) in [4.78, 5) is 32.8. The normalized spacial score (nSPS) is 14.8. The Kier molecular flexibility index (Phi) is 10.5. The van der Waals surface area contributed by atoms with Gasteiger partial charge in [0.1, 0.15) is 24.1 Å². The molecule has 7 nitrogen and oxygen atoms in total. The summed E-state index contributed by atoms with van der Waals surface area (Å²) in [6.45, 7) is 7.90. The number of para-hydroxylation sites is 1. The topological polar surface area (TPSA) is 79.1 Å². The Morgan fingerprint density at radius 3 is 2.64 bits per heavy atom. The summed E-state index contributed by atoms with van der Waals surface area (Å²) in [5.41, 5.74) is 2.90. The first-order valence-electron chi connectivity index (χ1n) is 13.9. The van der Waals surface area contributed by atoms with Crippen molar-refractivity contribution < 1.29 is 19.0 Å². The van der Waals surface area contributed by atoms with Crippen LogP contribution in [0.15, 0.2) is 81.7 Å². The monoisotopic (exact) mass is 854 g/mol. The molecule has 0 saturated carbocycles. The maximum absolute atomic E-state index is 14.3. The van der Waals surface area contributed by atoms with Crippen molar-refractivity contribution in [3.63, 3.8) is 0 Å². The van der Waals surface area contributed by atoms with Gasteiger partial charge in [-0.25, -0.2) is 9.79 Å². The molecule has 5 rings (SSSR count). The molecule has 1 atom stereocenters. The molecular formula is C33H29ClI2N2O5S. The quantitative estimate of drug-likeness (QED) is 0.134. The van der Waals surface area contributed by atoms with E-state index in [1.54, 1.807) is 18.4 Å². The first kappa shape index (κ1) is 32.7. The van der Waals surface area contributed by atoms with Crippen LogP contribution in [-0.4, -0.2) is 23.2 Å². The summed E-state index contributed by atoms with van der Waals surface area (Å²) in [5, 5.41) is 0.636. The zero-order chi connectivity index (χ0) is 31.5. The second-order valence-electron chi connectivity index (χ2n) is 10.2. The highest BCUT2D eigenvalue weighted by molar-refractivity contribution is 14.1. The van der Waals surface area contributed by atoms with Crippen LogP contribution in [0, 0.1) is 7.14 Å². The van der Waals surface area contributed by atoms with Crippen molar-refractivity contribution >= 4 is 80.2 Å². The number of carbonyl (C=O) groups excluding carboxylic acids is 1. The van der Waals surface area contributed by atoms with Gasteiger partial charge in [-0.05, 0) is 115 Å². The molecule has 0 spiro atoms. The number of esters is 1. The van der Waals surface area contributed by atoms with E-state index in [2.05, 4.69) is 45.2 Å². The number of halogens is 3. The van der Waals surface area contributed by atoms with E-state index >= 15 is 0 Å². The Labute approximate surface area is 291 Å². The number of rotatable bonds is 9. The highest BCUT2D eigenvalue weighted by Gasteiger charge is 2.35. The molecule has 0 saturated heterocycles. The van der Waals surface area contributed by atoms with Crippen LogP contribution in [0.5, 0.6) is 11.5 Å². The van der Waals surface area contributed by atoms with E-state index in [4.69, 9.17) is 30.8 Å². The van der Waals surface area contributed by atoms with Gasteiger partial charge in [0.05, 0.1) is 32.1 Å². The van der Waals surface area contributed by atoms with Crippen LogP contribution in [0.1, 0.15) is 50.4 Å². The Balaban J connectivity index is 1.68. The zero-order valence-electron chi connectivity index (χ0n) is 24.4. The van der Waals surface area contributed by atoms with Crippen LogP contribution < -0.4 is 24.4 Å². The van der Waals surface area contributed by atoms with Gasteiger partial charge < -0.3 is 14.2 Å². The van der Waals surface area contributed by atoms with Crippen molar-refractivity contribution in [3.8, 4) is 11.5 Å². The van der Waals surface area contributed by atoms with Crippen LogP contribution in [0.4, 0.5) is 0 Å². The van der Waals surface area contributed by atoms with Crippen molar-refractivity contribution in [1.82, 2.24) is 4.57 Å². The van der Waals surface area contributed by atoms with Gasteiger partial charge in [-0.1, -0.05) is 53.3 Å². The van der Waals surface area contributed by atoms with Crippen molar-refractivity contribution in [1.29, 1.82) is 0 Å². The lowest BCUT2D eigenvalue weighted by molar-refractivity contribution is -0.139. The minimum Gasteiger partial charge on any atom is -0.491 e. The summed E-state index contributed by atoms with van der Waals surface area (Å²) in [7, 11) is 0. The molecule has 1 aliphatic rings. The Morgan fingerprint density at radius 1 is 1.14 bits per heavy atom. The third kappa shape index (κ3) is 7.08. The molecule has 1 aromatic heterocycles. The molecule has 2 heterocycles. The number of hydrogen-bond donors (Lipinski definition) is 0. The van der Waals surface area contributed by atoms with E-state index in [0.717, 1.165) is 18.3 Å². The molecule has 0 fully saturated rings. The lowest BCUT2D eigenvalue weighted by atomic mass is 9.95. The lowest BCUT2D eigenvalue weighted by Crippen LogP contribution is -2.40. The zero-order valence-corrected chi connectivity index (χ0v) is 30.3. The smallest absolute Gasteiger partial charge is 0.338 e. The number of thiazole rings is 1. The summed E-state index contributed by atoms with van der Waals surface area (Å²) in [5.74, 6) is 0.728. The SMILES string of the molecule is CCOC(=O)C1=C(C)N=c2s/c(=C\c3cc(I)cc(I)c3OCc3cccc(Cl)c3)c(=O)n2[C@@H]1c1ccccc1OC(C)C.